The van der Waals surface area contributed by atoms with Gasteiger partial charge in [0.25, 0.3) is 0 Å². The Balaban J connectivity index is 1.90. The molecule has 1 aromatic heterocycles. The summed E-state index contributed by atoms with van der Waals surface area (Å²) in [5.41, 5.74) is 8.12. The van der Waals surface area contributed by atoms with E-state index in [0.717, 1.165) is 16.9 Å². The molecule has 2 heteroatoms. The van der Waals surface area contributed by atoms with Gasteiger partial charge in [0, 0.05) is 11.1 Å². The van der Waals surface area contributed by atoms with Crippen LogP contribution in [0.15, 0.2) is 103 Å². The molecule has 2 nitrogen and oxygen atoms in total. The first-order valence-corrected chi connectivity index (χ1v) is 9.51. The largest absolute Gasteiger partial charge is 0.295 e. The SMILES string of the molecule is Cc1nc2ccccc2n1-c1c(-c2ccccc2)cccc1-c1ccccc1. The Hall–Kier alpha value is -3.65. The molecule has 0 bridgehead atoms. The summed E-state index contributed by atoms with van der Waals surface area (Å²) in [6.45, 7) is 2.08. The van der Waals surface area contributed by atoms with Gasteiger partial charge in [0.05, 0.1) is 16.7 Å². The molecule has 0 aliphatic rings. The van der Waals surface area contributed by atoms with Crippen molar-refractivity contribution in [1.29, 1.82) is 0 Å². The third kappa shape index (κ3) is 2.71. The van der Waals surface area contributed by atoms with Crippen LogP contribution in [-0.4, -0.2) is 9.55 Å². The highest BCUT2D eigenvalue weighted by molar-refractivity contribution is 5.89. The zero-order chi connectivity index (χ0) is 18.9. The van der Waals surface area contributed by atoms with Gasteiger partial charge in [-0.25, -0.2) is 4.98 Å². The predicted molar refractivity (Wildman–Crippen MR) is 117 cm³/mol. The minimum Gasteiger partial charge on any atom is -0.295 e. The number of para-hydroxylation sites is 3. The number of nitrogens with zero attached hydrogens (tertiary/aromatic N) is 2. The highest BCUT2D eigenvalue weighted by atomic mass is 15.1. The van der Waals surface area contributed by atoms with Crippen LogP contribution < -0.4 is 0 Å². The van der Waals surface area contributed by atoms with Crippen molar-refractivity contribution in [2.45, 2.75) is 6.92 Å². The van der Waals surface area contributed by atoms with Crippen LogP contribution in [0.3, 0.4) is 0 Å². The van der Waals surface area contributed by atoms with Gasteiger partial charge in [-0.1, -0.05) is 91.0 Å². The van der Waals surface area contributed by atoms with Gasteiger partial charge in [-0.3, -0.25) is 4.57 Å². The number of benzene rings is 4. The monoisotopic (exact) mass is 360 g/mol. The van der Waals surface area contributed by atoms with E-state index in [-0.39, 0.29) is 0 Å². The summed E-state index contributed by atoms with van der Waals surface area (Å²) in [6.07, 6.45) is 0. The van der Waals surface area contributed by atoms with Gasteiger partial charge >= 0.3 is 0 Å². The Bertz CT molecular complexity index is 1190. The second-order valence-electron chi connectivity index (χ2n) is 6.92. The molecular formula is C26H20N2. The van der Waals surface area contributed by atoms with E-state index in [1.807, 2.05) is 6.07 Å². The smallest absolute Gasteiger partial charge is 0.111 e. The van der Waals surface area contributed by atoms with E-state index in [2.05, 4.69) is 109 Å². The number of fused-ring (bicyclic) bond motifs is 1. The molecule has 0 saturated heterocycles. The van der Waals surface area contributed by atoms with Crippen LogP contribution in [0.2, 0.25) is 0 Å². The minimum atomic E-state index is 0.988. The lowest BCUT2D eigenvalue weighted by molar-refractivity contribution is 1.00. The minimum absolute atomic E-state index is 0.988. The van der Waals surface area contributed by atoms with Gasteiger partial charge in [0.15, 0.2) is 0 Å². The molecule has 5 rings (SSSR count). The van der Waals surface area contributed by atoms with Crippen LogP contribution in [0, 0.1) is 6.92 Å². The quantitative estimate of drug-likeness (QED) is 0.351. The van der Waals surface area contributed by atoms with Crippen molar-refractivity contribution in [1.82, 2.24) is 9.55 Å². The zero-order valence-corrected chi connectivity index (χ0v) is 15.7. The molecule has 0 aliphatic carbocycles. The molecule has 0 fully saturated rings. The topological polar surface area (TPSA) is 17.8 Å². The van der Waals surface area contributed by atoms with Crippen molar-refractivity contribution in [2.75, 3.05) is 0 Å². The van der Waals surface area contributed by atoms with Gasteiger partial charge in [0.2, 0.25) is 0 Å². The Morgan fingerprint density at radius 3 is 1.71 bits per heavy atom. The summed E-state index contributed by atoms with van der Waals surface area (Å²) in [7, 11) is 0. The summed E-state index contributed by atoms with van der Waals surface area (Å²) >= 11 is 0. The maximum Gasteiger partial charge on any atom is 0.111 e. The van der Waals surface area contributed by atoms with Crippen molar-refractivity contribution in [3.8, 4) is 27.9 Å². The molecule has 134 valence electrons. The summed E-state index contributed by atoms with van der Waals surface area (Å²) in [6, 6.07) is 36.0. The number of aryl methyl sites for hydroxylation is 1. The average Bonchev–Trinajstić information content (AvgIpc) is 3.10. The van der Waals surface area contributed by atoms with Crippen LogP contribution in [0.5, 0.6) is 0 Å². The van der Waals surface area contributed by atoms with Crippen molar-refractivity contribution in [2.24, 2.45) is 0 Å². The highest BCUT2D eigenvalue weighted by Crippen LogP contribution is 2.37. The zero-order valence-electron chi connectivity index (χ0n) is 15.7. The fraction of sp³-hybridized carbons (Fsp3) is 0.0385. The molecule has 28 heavy (non-hydrogen) atoms. The number of hydrogen-bond donors (Lipinski definition) is 0. The van der Waals surface area contributed by atoms with Gasteiger partial charge in [-0.2, -0.15) is 0 Å². The van der Waals surface area contributed by atoms with E-state index < -0.39 is 0 Å². The van der Waals surface area contributed by atoms with Crippen LogP contribution in [0.4, 0.5) is 0 Å². The molecule has 0 unspecified atom stereocenters. The van der Waals surface area contributed by atoms with Crippen molar-refractivity contribution < 1.29 is 0 Å². The molecule has 0 spiro atoms. The number of rotatable bonds is 3. The molecule has 0 amide bonds. The second kappa shape index (κ2) is 6.82. The summed E-state index contributed by atoms with van der Waals surface area (Å²) in [5.74, 6) is 0.988. The standard InChI is InChI=1S/C26H20N2/c1-19-27-24-17-8-9-18-25(24)28(19)26-22(20-11-4-2-5-12-20)15-10-16-23(26)21-13-6-3-7-14-21/h2-18H,1H3. The first-order chi connectivity index (χ1) is 13.8. The fourth-order valence-corrected chi connectivity index (χ4v) is 3.91. The number of hydrogen-bond acceptors (Lipinski definition) is 1. The van der Waals surface area contributed by atoms with Crippen molar-refractivity contribution in [3.05, 3.63) is 109 Å². The molecule has 4 aromatic carbocycles. The van der Waals surface area contributed by atoms with Crippen LogP contribution >= 0.6 is 0 Å². The molecular weight excluding hydrogens is 340 g/mol. The summed E-state index contributed by atoms with van der Waals surface area (Å²) < 4.78 is 2.29. The highest BCUT2D eigenvalue weighted by Gasteiger charge is 2.18. The van der Waals surface area contributed by atoms with E-state index in [1.165, 1.54) is 27.9 Å². The first kappa shape index (κ1) is 16.5. The van der Waals surface area contributed by atoms with Gasteiger partial charge in [-0.15, -0.1) is 0 Å². The fourth-order valence-electron chi connectivity index (χ4n) is 3.91. The lowest BCUT2D eigenvalue weighted by atomic mass is 9.95. The molecule has 0 saturated carbocycles. The molecule has 0 aliphatic heterocycles. The van der Waals surface area contributed by atoms with E-state index in [9.17, 15) is 0 Å². The Labute approximate surface area is 164 Å². The predicted octanol–water partition coefficient (Wildman–Crippen LogP) is 6.67. The van der Waals surface area contributed by atoms with Gasteiger partial charge in [0.1, 0.15) is 5.82 Å². The number of imidazole rings is 1. The van der Waals surface area contributed by atoms with Crippen molar-refractivity contribution in [3.63, 3.8) is 0 Å². The van der Waals surface area contributed by atoms with Crippen molar-refractivity contribution >= 4 is 11.0 Å². The lowest BCUT2D eigenvalue weighted by Gasteiger charge is -2.18. The van der Waals surface area contributed by atoms with Crippen LogP contribution in [0.25, 0.3) is 39.0 Å². The molecule has 0 atom stereocenters. The van der Waals surface area contributed by atoms with Crippen LogP contribution in [0.1, 0.15) is 5.82 Å². The maximum absolute atomic E-state index is 4.82. The maximum atomic E-state index is 4.82. The Kier molecular flexibility index (Phi) is 4.02. The van der Waals surface area contributed by atoms with E-state index in [4.69, 9.17) is 4.98 Å². The summed E-state index contributed by atoms with van der Waals surface area (Å²) in [4.78, 5) is 4.82. The molecule has 0 N–H and O–H groups in total. The molecule has 0 radical (unpaired) electrons. The third-order valence-corrected chi connectivity index (χ3v) is 5.16. The summed E-state index contributed by atoms with van der Waals surface area (Å²) in [5, 5.41) is 0. The molecule has 5 aromatic rings. The van der Waals surface area contributed by atoms with Gasteiger partial charge in [-0.05, 0) is 30.2 Å². The normalized spacial score (nSPS) is 11.0. The van der Waals surface area contributed by atoms with Gasteiger partial charge < -0.3 is 0 Å². The van der Waals surface area contributed by atoms with Crippen LogP contribution in [-0.2, 0) is 0 Å². The van der Waals surface area contributed by atoms with E-state index in [1.54, 1.807) is 0 Å². The molecule has 1 heterocycles. The first-order valence-electron chi connectivity index (χ1n) is 9.51. The Morgan fingerprint density at radius 1 is 0.571 bits per heavy atom. The van der Waals surface area contributed by atoms with E-state index >= 15 is 0 Å². The Morgan fingerprint density at radius 2 is 1.11 bits per heavy atom. The third-order valence-electron chi connectivity index (χ3n) is 5.16. The van der Waals surface area contributed by atoms with E-state index in [0.29, 0.717) is 0 Å². The average molecular weight is 360 g/mol. The second-order valence-corrected chi connectivity index (χ2v) is 6.92. The number of aromatic nitrogens is 2. The lowest BCUT2D eigenvalue weighted by Crippen LogP contribution is -2.02.